The van der Waals surface area contributed by atoms with Crippen LogP contribution in [0.2, 0.25) is 0 Å². The van der Waals surface area contributed by atoms with Gasteiger partial charge in [0.15, 0.2) is 0 Å². The molecule has 0 amide bonds. The summed E-state index contributed by atoms with van der Waals surface area (Å²) in [4.78, 5) is 2.52. The molecule has 2 aliphatic rings. The van der Waals surface area contributed by atoms with E-state index in [1.54, 1.807) is 0 Å². The van der Waals surface area contributed by atoms with Gasteiger partial charge in [-0.1, -0.05) is 39.0 Å². The summed E-state index contributed by atoms with van der Waals surface area (Å²) in [5, 5.41) is 4.61. The third kappa shape index (κ3) is 3.12. The van der Waals surface area contributed by atoms with Crippen LogP contribution in [-0.4, -0.2) is 36.9 Å². The lowest BCUT2D eigenvalue weighted by molar-refractivity contribution is 0.232. The summed E-state index contributed by atoms with van der Waals surface area (Å²) in [5.74, 6) is 2.00. The van der Waals surface area contributed by atoms with Crippen LogP contribution in [0.3, 0.4) is 0 Å². The third-order valence-corrected chi connectivity index (χ3v) is 4.59. The van der Waals surface area contributed by atoms with Crippen LogP contribution < -0.4 is 10.2 Å². The van der Waals surface area contributed by atoms with Crippen molar-refractivity contribution in [3.8, 4) is 5.75 Å². The number of para-hydroxylation sites is 1. The molecule has 3 rings (SSSR count). The summed E-state index contributed by atoms with van der Waals surface area (Å²) in [6.45, 7) is 10.7. The van der Waals surface area contributed by atoms with Crippen LogP contribution in [0.1, 0.15) is 38.8 Å². The SMILES string of the molecule is CCN1CCC2=NNC(c3ccccc3OCC(C)C)C2C1. The van der Waals surface area contributed by atoms with E-state index in [1.807, 2.05) is 0 Å². The fourth-order valence-corrected chi connectivity index (χ4v) is 3.31. The smallest absolute Gasteiger partial charge is 0.124 e. The van der Waals surface area contributed by atoms with Crippen LogP contribution in [0.15, 0.2) is 29.4 Å². The zero-order chi connectivity index (χ0) is 15.5. The summed E-state index contributed by atoms with van der Waals surface area (Å²) in [7, 11) is 0. The summed E-state index contributed by atoms with van der Waals surface area (Å²) in [6.07, 6.45) is 1.08. The number of benzene rings is 1. The van der Waals surface area contributed by atoms with Gasteiger partial charge in [-0.3, -0.25) is 0 Å². The summed E-state index contributed by atoms with van der Waals surface area (Å²) < 4.78 is 6.04. The topological polar surface area (TPSA) is 36.9 Å². The summed E-state index contributed by atoms with van der Waals surface area (Å²) >= 11 is 0. The zero-order valence-electron chi connectivity index (χ0n) is 13.9. The second-order valence-corrected chi connectivity index (χ2v) is 6.70. The van der Waals surface area contributed by atoms with Crippen molar-refractivity contribution in [2.75, 3.05) is 26.2 Å². The van der Waals surface area contributed by atoms with Gasteiger partial charge in [0.2, 0.25) is 0 Å². The molecule has 2 heterocycles. The van der Waals surface area contributed by atoms with Gasteiger partial charge in [-0.2, -0.15) is 5.10 Å². The number of nitrogens with zero attached hydrogens (tertiary/aromatic N) is 2. The van der Waals surface area contributed by atoms with E-state index >= 15 is 0 Å². The van der Waals surface area contributed by atoms with Gasteiger partial charge < -0.3 is 15.1 Å². The summed E-state index contributed by atoms with van der Waals surface area (Å²) in [6, 6.07) is 8.65. The Morgan fingerprint density at radius 3 is 2.95 bits per heavy atom. The molecule has 22 heavy (non-hydrogen) atoms. The van der Waals surface area contributed by atoms with Crippen molar-refractivity contribution in [2.45, 2.75) is 33.2 Å². The molecule has 0 bridgehead atoms. The second-order valence-electron chi connectivity index (χ2n) is 6.70. The van der Waals surface area contributed by atoms with Crippen molar-refractivity contribution in [3.05, 3.63) is 29.8 Å². The fourth-order valence-electron chi connectivity index (χ4n) is 3.31. The molecule has 1 N–H and O–H groups in total. The highest BCUT2D eigenvalue weighted by Crippen LogP contribution is 2.36. The van der Waals surface area contributed by atoms with Crippen molar-refractivity contribution in [2.24, 2.45) is 16.9 Å². The largest absolute Gasteiger partial charge is 0.493 e. The number of ether oxygens (including phenoxy) is 1. The van der Waals surface area contributed by atoms with Gasteiger partial charge in [-0.25, -0.2) is 0 Å². The second kappa shape index (κ2) is 6.69. The molecule has 0 spiro atoms. The van der Waals surface area contributed by atoms with Gasteiger partial charge in [-0.15, -0.1) is 0 Å². The average molecular weight is 301 g/mol. The van der Waals surface area contributed by atoms with E-state index in [1.165, 1.54) is 11.3 Å². The number of hydrogen-bond donors (Lipinski definition) is 1. The van der Waals surface area contributed by atoms with Gasteiger partial charge in [0.25, 0.3) is 0 Å². The van der Waals surface area contributed by atoms with Gasteiger partial charge in [0.05, 0.1) is 12.6 Å². The van der Waals surface area contributed by atoms with Crippen molar-refractivity contribution in [3.63, 3.8) is 0 Å². The number of piperidine rings is 1. The highest BCUT2D eigenvalue weighted by atomic mass is 16.5. The molecule has 1 aromatic carbocycles. The Morgan fingerprint density at radius 2 is 2.18 bits per heavy atom. The van der Waals surface area contributed by atoms with Crippen LogP contribution >= 0.6 is 0 Å². The number of fused-ring (bicyclic) bond motifs is 1. The van der Waals surface area contributed by atoms with E-state index in [2.05, 4.69) is 60.5 Å². The molecule has 4 nitrogen and oxygen atoms in total. The standard InChI is InChI=1S/C18H27N3O/c1-4-21-10-9-16-15(11-21)18(20-19-16)14-7-5-6-8-17(14)22-12-13(2)3/h5-8,13,15,18,20H,4,9-12H2,1-3H3. The molecule has 2 atom stereocenters. The van der Waals surface area contributed by atoms with Crippen LogP contribution in [0.25, 0.3) is 0 Å². The lowest BCUT2D eigenvalue weighted by Gasteiger charge is -2.33. The van der Waals surface area contributed by atoms with E-state index in [4.69, 9.17) is 4.74 Å². The number of nitrogens with one attached hydrogen (secondary N) is 1. The molecule has 120 valence electrons. The van der Waals surface area contributed by atoms with E-state index in [-0.39, 0.29) is 6.04 Å². The Balaban J connectivity index is 1.79. The molecule has 4 heteroatoms. The Morgan fingerprint density at radius 1 is 1.36 bits per heavy atom. The van der Waals surface area contributed by atoms with E-state index in [0.717, 1.165) is 38.4 Å². The fraction of sp³-hybridized carbons (Fsp3) is 0.611. The number of rotatable bonds is 5. The molecular formula is C18H27N3O. The van der Waals surface area contributed by atoms with E-state index < -0.39 is 0 Å². The minimum atomic E-state index is 0.243. The van der Waals surface area contributed by atoms with Gasteiger partial charge in [0.1, 0.15) is 5.75 Å². The molecule has 0 radical (unpaired) electrons. The number of likely N-dealkylation sites (tertiary alicyclic amines) is 1. The lowest BCUT2D eigenvalue weighted by Crippen LogP contribution is -2.41. The minimum absolute atomic E-state index is 0.243. The maximum atomic E-state index is 6.04. The molecular weight excluding hydrogens is 274 g/mol. The van der Waals surface area contributed by atoms with Gasteiger partial charge in [-0.05, 0) is 18.5 Å². The van der Waals surface area contributed by atoms with Crippen molar-refractivity contribution in [1.29, 1.82) is 0 Å². The van der Waals surface area contributed by atoms with E-state index in [0.29, 0.717) is 11.8 Å². The van der Waals surface area contributed by atoms with Crippen molar-refractivity contribution in [1.82, 2.24) is 10.3 Å². The Labute approximate surface area is 133 Å². The highest BCUT2D eigenvalue weighted by Gasteiger charge is 2.37. The van der Waals surface area contributed by atoms with Gasteiger partial charge >= 0.3 is 0 Å². The Hall–Kier alpha value is -1.55. The van der Waals surface area contributed by atoms with Crippen molar-refractivity contribution >= 4 is 5.71 Å². The number of hydrazone groups is 1. The molecule has 2 aliphatic heterocycles. The molecule has 0 aromatic heterocycles. The zero-order valence-corrected chi connectivity index (χ0v) is 13.9. The Bertz CT molecular complexity index is 541. The molecule has 1 aromatic rings. The highest BCUT2D eigenvalue weighted by molar-refractivity contribution is 5.90. The minimum Gasteiger partial charge on any atom is -0.493 e. The van der Waals surface area contributed by atoms with Crippen LogP contribution in [-0.2, 0) is 0 Å². The average Bonchev–Trinajstić information content (AvgIpc) is 2.96. The Kier molecular flexibility index (Phi) is 4.67. The third-order valence-electron chi connectivity index (χ3n) is 4.59. The molecule has 2 unspecified atom stereocenters. The molecule has 1 saturated heterocycles. The molecule has 1 fully saturated rings. The first-order valence-corrected chi connectivity index (χ1v) is 8.45. The van der Waals surface area contributed by atoms with Crippen molar-refractivity contribution < 1.29 is 4.74 Å². The normalized spacial score (nSPS) is 24.8. The van der Waals surface area contributed by atoms with Crippen LogP contribution in [0, 0.1) is 11.8 Å². The van der Waals surface area contributed by atoms with Crippen LogP contribution in [0.4, 0.5) is 0 Å². The maximum Gasteiger partial charge on any atom is 0.124 e. The summed E-state index contributed by atoms with van der Waals surface area (Å²) in [5.41, 5.74) is 5.94. The van der Waals surface area contributed by atoms with Gasteiger partial charge in [0, 0.05) is 36.7 Å². The monoisotopic (exact) mass is 301 g/mol. The first kappa shape index (κ1) is 15.3. The first-order chi connectivity index (χ1) is 10.7. The predicted molar refractivity (Wildman–Crippen MR) is 90.3 cm³/mol. The first-order valence-electron chi connectivity index (χ1n) is 8.45. The lowest BCUT2D eigenvalue weighted by atomic mass is 9.86. The predicted octanol–water partition coefficient (Wildman–Crippen LogP) is 3.06. The molecule has 0 saturated carbocycles. The molecule has 0 aliphatic carbocycles. The quantitative estimate of drug-likeness (QED) is 0.908. The number of hydrogen-bond acceptors (Lipinski definition) is 4. The maximum absolute atomic E-state index is 6.04. The van der Waals surface area contributed by atoms with Crippen LogP contribution in [0.5, 0.6) is 5.75 Å². The van der Waals surface area contributed by atoms with E-state index in [9.17, 15) is 0 Å².